The molecule has 0 spiro atoms. The molecule has 1 aromatic carbocycles. The molecule has 0 atom stereocenters. The fraction of sp³-hybridized carbons (Fsp3) is 0.235. The summed E-state index contributed by atoms with van der Waals surface area (Å²) in [5.74, 6) is -0.112. The number of hydrogen-bond acceptors (Lipinski definition) is 3. The molecule has 0 aliphatic rings. The van der Waals surface area contributed by atoms with Crippen LogP contribution in [0.5, 0.6) is 0 Å². The van der Waals surface area contributed by atoms with Gasteiger partial charge in [0.15, 0.2) is 0 Å². The Bertz CT molecular complexity index is 584. The summed E-state index contributed by atoms with van der Waals surface area (Å²) in [5.41, 5.74) is 1.99. The van der Waals surface area contributed by atoms with E-state index < -0.39 is 0 Å². The second kappa shape index (κ2) is 7.64. The summed E-state index contributed by atoms with van der Waals surface area (Å²) >= 11 is 1.61. The van der Waals surface area contributed by atoms with E-state index in [9.17, 15) is 4.79 Å². The highest BCUT2D eigenvalue weighted by Crippen LogP contribution is 2.18. The molecule has 0 aliphatic heterocycles. The van der Waals surface area contributed by atoms with Gasteiger partial charge in [-0.2, -0.15) is 0 Å². The lowest BCUT2D eigenvalue weighted by Gasteiger charge is -2.21. The Hall–Kier alpha value is -2.07. The molecular formula is C17H20N2OS. The van der Waals surface area contributed by atoms with Crippen molar-refractivity contribution in [2.75, 3.05) is 23.3 Å². The molecule has 4 heteroatoms. The van der Waals surface area contributed by atoms with E-state index in [4.69, 9.17) is 0 Å². The minimum absolute atomic E-state index is 0.112. The fourth-order valence-electron chi connectivity index (χ4n) is 2.07. The number of hydrogen-bond donors (Lipinski definition) is 1. The quantitative estimate of drug-likeness (QED) is 0.809. The molecule has 0 unspecified atom stereocenters. The molecule has 0 fully saturated rings. The molecule has 0 saturated carbocycles. The zero-order valence-corrected chi connectivity index (χ0v) is 13.2. The third kappa shape index (κ3) is 4.46. The number of benzene rings is 1. The average molecular weight is 300 g/mol. The van der Waals surface area contributed by atoms with Crippen LogP contribution in [0.15, 0.2) is 47.9 Å². The maximum atomic E-state index is 11.8. The Balaban J connectivity index is 1.95. The molecule has 0 aliphatic carbocycles. The molecule has 0 bridgehead atoms. The molecule has 21 heavy (non-hydrogen) atoms. The maximum absolute atomic E-state index is 11.8. The zero-order chi connectivity index (χ0) is 15.1. The van der Waals surface area contributed by atoms with E-state index in [1.165, 1.54) is 5.69 Å². The predicted octanol–water partition coefficient (Wildman–Crippen LogP) is 4.25. The van der Waals surface area contributed by atoms with Crippen molar-refractivity contribution >= 4 is 34.7 Å². The summed E-state index contributed by atoms with van der Waals surface area (Å²) in [6, 6.07) is 11.9. The van der Waals surface area contributed by atoms with Crippen molar-refractivity contribution in [3.05, 3.63) is 52.7 Å². The van der Waals surface area contributed by atoms with Gasteiger partial charge in [-0.05, 0) is 55.6 Å². The molecule has 1 amide bonds. The second-order valence-corrected chi connectivity index (χ2v) is 5.54. The highest BCUT2D eigenvalue weighted by atomic mass is 32.1. The number of thiophene rings is 1. The standard InChI is InChI=1S/C17H20N2OS/c1-3-19(4-2)15-9-7-14(8-10-15)18-17(20)12-11-16-6-5-13-21-16/h5-13H,3-4H2,1-2H3,(H,18,20)/b12-11+. The second-order valence-electron chi connectivity index (χ2n) is 4.56. The highest BCUT2D eigenvalue weighted by Gasteiger charge is 2.02. The van der Waals surface area contributed by atoms with Gasteiger partial charge in [-0.15, -0.1) is 11.3 Å². The first kappa shape index (κ1) is 15.3. The normalized spacial score (nSPS) is 10.8. The van der Waals surface area contributed by atoms with E-state index in [1.54, 1.807) is 17.4 Å². The Morgan fingerprint density at radius 2 is 1.90 bits per heavy atom. The van der Waals surface area contributed by atoms with Crippen LogP contribution in [0.2, 0.25) is 0 Å². The lowest BCUT2D eigenvalue weighted by molar-refractivity contribution is -0.111. The summed E-state index contributed by atoms with van der Waals surface area (Å²) in [6.45, 7) is 6.22. The van der Waals surface area contributed by atoms with Crippen LogP contribution in [0, 0.1) is 0 Å². The number of nitrogens with zero attached hydrogens (tertiary/aromatic N) is 1. The van der Waals surface area contributed by atoms with Crippen molar-refractivity contribution in [3.8, 4) is 0 Å². The molecule has 2 rings (SSSR count). The molecule has 1 aromatic heterocycles. The summed E-state index contributed by atoms with van der Waals surface area (Å²) in [7, 11) is 0. The van der Waals surface area contributed by atoms with Crippen LogP contribution in [0.1, 0.15) is 18.7 Å². The maximum Gasteiger partial charge on any atom is 0.248 e. The summed E-state index contributed by atoms with van der Waals surface area (Å²) in [4.78, 5) is 15.2. The van der Waals surface area contributed by atoms with Crippen LogP contribution < -0.4 is 10.2 Å². The van der Waals surface area contributed by atoms with E-state index in [1.807, 2.05) is 47.9 Å². The third-order valence-corrected chi connectivity index (χ3v) is 4.04. The van der Waals surface area contributed by atoms with Gasteiger partial charge in [0, 0.05) is 35.4 Å². The van der Waals surface area contributed by atoms with Crippen molar-refractivity contribution in [2.45, 2.75) is 13.8 Å². The monoisotopic (exact) mass is 300 g/mol. The van der Waals surface area contributed by atoms with Gasteiger partial charge in [-0.3, -0.25) is 4.79 Å². The molecule has 2 aromatic rings. The van der Waals surface area contributed by atoms with E-state index in [2.05, 4.69) is 24.1 Å². The van der Waals surface area contributed by atoms with Crippen molar-refractivity contribution < 1.29 is 4.79 Å². The number of amides is 1. The lowest BCUT2D eigenvalue weighted by atomic mass is 10.2. The van der Waals surface area contributed by atoms with Gasteiger partial charge in [0.05, 0.1) is 0 Å². The summed E-state index contributed by atoms with van der Waals surface area (Å²) in [6.07, 6.45) is 3.38. The van der Waals surface area contributed by atoms with Gasteiger partial charge in [0.25, 0.3) is 0 Å². The smallest absolute Gasteiger partial charge is 0.248 e. The van der Waals surface area contributed by atoms with E-state index in [-0.39, 0.29) is 5.91 Å². The zero-order valence-electron chi connectivity index (χ0n) is 12.4. The molecule has 0 saturated heterocycles. The number of carbonyl (C=O) groups is 1. The largest absolute Gasteiger partial charge is 0.372 e. The number of rotatable bonds is 6. The van der Waals surface area contributed by atoms with Crippen molar-refractivity contribution in [2.24, 2.45) is 0 Å². The first-order valence-corrected chi connectivity index (χ1v) is 7.98. The topological polar surface area (TPSA) is 32.3 Å². The van der Waals surface area contributed by atoms with Gasteiger partial charge >= 0.3 is 0 Å². The van der Waals surface area contributed by atoms with Crippen LogP contribution in [0.4, 0.5) is 11.4 Å². The highest BCUT2D eigenvalue weighted by molar-refractivity contribution is 7.10. The SMILES string of the molecule is CCN(CC)c1ccc(NC(=O)/C=C/c2cccs2)cc1. The molecular weight excluding hydrogens is 280 g/mol. The number of carbonyl (C=O) groups excluding carboxylic acids is 1. The van der Waals surface area contributed by atoms with Gasteiger partial charge in [0.1, 0.15) is 0 Å². The van der Waals surface area contributed by atoms with Crippen molar-refractivity contribution in [1.29, 1.82) is 0 Å². The summed E-state index contributed by atoms with van der Waals surface area (Å²) < 4.78 is 0. The number of nitrogens with one attached hydrogen (secondary N) is 1. The van der Waals surface area contributed by atoms with Crippen LogP contribution in [0.25, 0.3) is 6.08 Å². The van der Waals surface area contributed by atoms with Crippen LogP contribution in [-0.2, 0) is 4.79 Å². The molecule has 110 valence electrons. The van der Waals surface area contributed by atoms with E-state index in [0.717, 1.165) is 23.7 Å². The van der Waals surface area contributed by atoms with Crippen molar-refractivity contribution in [3.63, 3.8) is 0 Å². The first-order valence-electron chi connectivity index (χ1n) is 7.10. The minimum Gasteiger partial charge on any atom is -0.372 e. The van der Waals surface area contributed by atoms with Gasteiger partial charge in [-0.25, -0.2) is 0 Å². The minimum atomic E-state index is -0.112. The van der Waals surface area contributed by atoms with Gasteiger partial charge in [-0.1, -0.05) is 6.07 Å². The van der Waals surface area contributed by atoms with Gasteiger partial charge < -0.3 is 10.2 Å². The Labute approximate surface area is 129 Å². The third-order valence-electron chi connectivity index (χ3n) is 3.21. The van der Waals surface area contributed by atoms with Crippen molar-refractivity contribution in [1.82, 2.24) is 0 Å². The lowest BCUT2D eigenvalue weighted by Crippen LogP contribution is -2.21. The Morgan fingerprint density at radius 1 is 1.19 bits per heavy atom. The molecule has 3 nitrogen and oxygen atoms in total. The first-order chi connectivity index (χ1) is 10.2. The average Bonchev–Trinajstić information content (AvgIpc) is 3.01. The van der Waals surface area contributed by atoms with Gasteiger partial charge in [0.2, 0.25) is 5.91 Å². The molecule has 0 radical (unpaired) electrons. The van der Waals surface area contributed by atoms with Crippen LogP contribution in [-0.4, -0.2) is 19.0 Å². The molecule has 1 N–H and O–H groups in total. The van der Waals surface area contributed by atoms with E-state index >= 15 is 0 Å². The summed E-state index contributed by atoms with van der Waals surface area (Å²) in [5, 5.41) is 4.86. The Morgan fingerprint density at radius 3 is 2.48 bits per heavy atom. The van der Waals surface area contributed by atoms with Crippen LogP contribution in [0.3, 0.4) is 0 Å². The molecule has 1 heterocycles. The fourth-order valence-corrected chi connectivity index (χ4v) is 2.69. The predicted molar refractivity (Wildman–Crippen MR) is 92.0 cm³/mol. The number of anilines is 2. The Kier molecular flexibility index (Phi) is 5.58. The van der Waals surface area contributed by atoms with Crippen LogP contribution >= 0.6 is 11.3 Å². The van der Waals surface area contributed by atoms with E-state index in [0.29, 0.717) is 0 Å².